The molecule has 0 radical (unpaired) electrons. The number of carbonyl (C=O) groups is 2. The lowest BCUT2D eigenvalue weighted by atomic mass is 10.1. The van der Waals surface area contributed by atoms with Crippen molar-refractivity contribution in [3.63, 3.8) is 0 Å². The maximum atomic E-state index is 12.3. The number of hydrogen-bond acceptors (Lipinski definition) is 6. The molecule has 2 amide bonds. The molecule has 1 aromatic heterocycles. The highest BCUT2D eigenvalue weighted by Gasteiger charge is 2.48. The monoisotopic (exact) mass is 307 g/mol. The van der Waals surface area contributed by atoms with Gasteiger partial charge >= 0.3 is 0 Å². The molecule has 8 heteroatoms. The molecule has 1 fully saturated rings. The summed E-state index contributed by atoms with van der Waals surface area (Å²) in [6.07, 6.45) is 5.10. The molecule has 1 aromatic rings. The molecule has 0 bridgehead atoms. The van der Waals surface area contributed by atoms with Gasteiger partial charge < -0.3 is 19.5 Å². The van der Waals surface area contributed by atoms with Crippen molar-refractivity contribution in [3.05, 3.63) is 36.4 Å². The van der Waals surface area contributed by atoms with Crippen molar-refractivity contribution in [2.45, 2.75) is 11.4 Å². The minimum Gasteiger partial charge on any atom is -0.462 e. The summed E-state index contributed by atoms with van der Waals surface area (Å²) in [6, 6.07) is 2.69. The molecular weight excluding hydrogens is 294 g/mol. The number of furan rings is 1. The molecule has 2 aliphatic heterocycles. The fraction of sp³-hybridized carbons (Fsp3) is 0.308. The summed E-state index contributed by atoms with van der Waals surface area (Å²) in [4.78, 5) is 30.5. The maximum Gasteiger partial charge on any atom is 0.277 e. The Morgan fingerprint density at radius 2 is 2.48 bits per heavy atom. The minimum atomic E-state index is -0.551. The van der Waals surface area contributed by atoms with Crippen LogP contribution in [0.1, 0.15) is 5.76 Å². The van der Waals surface area contributed by atoms with Gasteiger partial charge in [0.25, 0.3) is 11.8 Å². The van der Waals surface area contributed by atoms with E-state index in [9.17, 15) is 9.59 Å². The summed E-state index contributed by atoms with van der Waals surface area (Å²) in [7, 11) is 1.34. The van der Waals surface area contributed by atoms with Gasteiger partial charge in [-0.1, -0.05) is 11.2 Å². The van der Waals surface area contributed by atoms with Crippen LogP contribution in [0.15, 0.2) is 40.2 Å². The van der Waals surface area contributed by atoms with E-state index in [4.69, 9.17) is 4.42 Å². The van der Waals surface area contributed by atoms with Gasteiger partial charge in [0.05, 0.1) is 6.26 Å². The highest BCUT2D eigenvalue weighted by Crippen LogP contribution is 2.33. The molecule has 2 aliphatic rings. The van der Waals surface area contributed by atoms with Crippen molar-refractivity contribution < 1.29 is 18.8 Å². The van der Waals surface area contributed by atoms with Gasteiger partial charge in [-0.3, -0.25) is 9.59 Å². The lowest BCUT2D eigenvalue weighted by molar-refractivity contribution is -0.143. The molecule has 7 nitrogen and oxygen atoms in total. The van der Waals surface area contributed by atoms with Crippen molar-refractivity contribution >= 4 is 29.3 Å². The number of rotatable bonds is 4. The Kier molecular flexibility index (Phi) is 3.70. The number of oxime groups is 1. The Balaban J connectivity index is 1.72. The van der Waals surface area contributed by atoms with Crippen LogP contribution < -0.4 is 5.32 Å². The van der Waals surface area contributed by atoms with E-state index in [-0.39, 0.29) is 22.8 Å². The summed E-state index contributed by atoms with van der Waals surface area (Å²) >= 11 is 1.60. The summed E-state index contributed by atoms with van der Waals surface area (Å²) in [6.45, 7) is 0. The van der Waals surface area contributed by atoms with Gasteiger partial charge in [-0.25, -0.2) is 0 Å². The van der Waals surface area contributed by atoms with Gasteiger partial charge in [-0.2, -0.15) is 0 Å². The molecule has 0 saturated carbocycles. The molecule has 2 atom stereocenters. The molecule has 1 N–H and O–H groups in total. The van der Waals surface area contributed by atoms with E-state index in [1.807, 2.05) is 6.08 Å². The first kappa shape index (κ1) is 13.7. The van der Waals surface area contributed by atoms with Crippen LogP contribution in [0.2, 0.25) is 0 Å². The average Bonchev–Trinajstić information content (AvgIpc) is 3.03. The van der Waals surface area contributed by atoms with Gasteiger partial charge in [-0.05, 0) is 12.1 Å². The van der Waals surface area contributed by atoms with Crippen LogP contribution in [-0.2, 0) is 14.4 Å². The topological polar surface area (TPSA) is 84.1 Å². The third kappa shape index (κ3) is 2.42. The van der Waals surface area contributed by atoms with Crippen molar-refractivity contribution in [3.8, 4) is 0 Å². The molecular formula is C13H13N3O4S. The van der Waals surface area contributed by atoms with Crippen LogP contribution in [0.25, 0.3) is 0 Å². The minimum absolute atomic E-state index is 0.00472. The highest BCUT2D eigenvalue weighted by molar-refractivity contribution is 8.00. The van der Waals surface area contributed by atoms with Crippen molar-refractivity contribution in [1.29, 1.82) is 0 Å². The number of carbonyl (C=O) groups excluding carboxylic acids is 2. The number of β-lactam (4-membered cyclic amide) rings is 1. The zero-order valence-electron chi connectivity index (χ0n) is 11.2. The Bertz CT molecular complexity index is 611. The van der Waals surface area contributed by atoms with Crippen LogP contribution in [0.4, 0.5) is 0 Å². The Morgan fingerprint density at radius 1 is 1.62 bits per heavy atom. The molecule has 21 heavy (non-hydrogen) atoms. The van der Waals surface area contributed by atoms with E-state index in [0.29, 0.717) is 0 Å². The number of hydrogen-bond donors (Lipinski definition) is 1. The normalized spacial score (nSPS) is 24.3. The smallest absolute Gasteiger partial charge is 0.277 e. The Hall–Kier alpha value is -2.22. The zero-order chi connectivity index (χ0) is 14.8. The summed E-state index contributed by atoms with van der Waals surface area (Å²) in [5.74, 6) is 0.472. The molecule has 1 unspecified atom stereocenters. The number of thioether (sulfide) groups is 1. The maximum absolute atomic E-state index is 12.3. The first-order chi connectivity index (χ1) is 10.2. The van der Waals surface area contributed by atoms with Crippen molar-refractivity contribution in [2.75, 3.05) is 12.9 Å². The fourth-order valence-corrected chi connectivity index (χ4v) is 3.28. The molecule has 0 aromatic carbocycles. The molecule has 110 valence electrons. The van der Waals surface area contributed by atoms with E-state index in [1.165, 1.54) is 13.4 Å². The summed E-state index contributed by atoms with van der Waals surface area (Å²) in [5, 5.41) is 6.29. The number of nitrogens with one attached hydrogen (secondary N) is 1. The second-order valence-corrected chi connectivity index (χ2v) is 5.55. The van der Waals surface area contributed by atoms with Gasteiger partial charge in [0.1, 0.15) is 18.5 Å². The van der Waals surface area contributed by atoms with Gasteiger partial charge in [0.2, 0.25) is 5.71 Å². The predicted octanol–water partition coefficient (Wildman–Crippen LogP) is 0.544. The summed E-state index contributed by atoms with van der Waals surface area (Å²) < 4.78 is 5.15. The molecule has 3 heterocycles. The third-order valence-corrected chi connectivity index (χ3v) is 4.37. The average molecular weight is 307 g/mol. The first-order valence-corrected chi connectivity index (χ1v) is 7.33. The fourth-order valence-electron chi connectivity index (χ4n) is 2.18. The molecule has 0 aliphatic carbocycles. The van der Waals surface area contributed by atoms with Gasteiger partial charge in [0, 0.05) is 12.0 Å². The Morgan fingerprint density at radius 3 is 3.19 bits per heavy atom. The molecule has 1 saturated heterocycles. The lowest BCUT2D eigenvalue weighted by Crippen LogP contribution is -2.68. The van der Waals surface area contributed by atoms with Crippen LogP contribution in [0.3, 0.4) is 0 Å². The van der Waals surface area contributed by atoms with Gasteiger partial charge in [-0.15, -0.1) is 11.8 Å². The van der Waals surface area contributed by atoms with Crippen LogP contribution >= 0.6 is 11.8 Å². The number of nitrogens with zero attached hydrogens (tertiary/aromatic N) is 2. The van der Waals surface area contributed by atoms with E-state index >= 15 is 0 Å². The van der Waals surface area contributed by atoms with Gasteiger partial charge in [0.15, 0.2) is 5.76 Å². The second-order valence-electron chi connectivity index (χ2n) is 4.41. The quantitative estimate of drug-likeness (QED) is 0.499. The molecule has 0 spiro atoms. The standard InChI is InChI=1S/C13H13N3O4S/c1-19-15-9(8-4-2-6-20-8)11(17)14-10-12(18)16-5-3-7-21-13(10)16/h2-6,10,13H,7H2,1H3,(H,14,17)/t10?,13-/m1/s1. The van der Waals surface area contributed by atoms with Crippen molar-refractivity contribution in [2.24, 2.45) is 5.16 Å². The predicted molar refractivity (Wildman–Crippen MR) is 76.4 cm³/mol. The highest BCUT2D eigenvalue weighted by atomic mass is 32.2. The number of fused-ring (bicyclic) bond motifs is 1. The molecule has 3 rings (SSSR count). The Labute approximate surface area is 125 Å². The van der Waals surface area contributed by atoms with Crippen LogP contribution in [-0.4, -0.2) is 46.7 Å². The lowest BCUT2D eigenvalue weighted by Gasteiger charge is -2.46. The summed E-state index contributed by atoms with van der Waals surface area (Å²) in [5.41, 5.74) is 0.00472. The second kappa shape index (κ2) is 5.65. The van der Waals surface area contributed by atoms with E-state index in [1.54, 1.807) is 35.0 Å². The van der Waals surface area contributed by atoms with Crippen LogP contribution in [0, 0.1) is 0 Å². The van der Waals surface area contributed by atoms with Crippen LogP contribution in [0.5, 0.6) is 0 Å². The number of amides is 2. The first-order valence-electron chi connectivity index (χ1n) is 6.28. The zero-order valence-corrected chi connectivity index (χ0v) is 12.0. The van der Waals surface area contributed by atoms with E-state index in [0.717, 1.165) is 5.75 Å². The largest absolute Gasteiger partial charge is 0.462 e. The third-order valence-electron chi connectivity index (χ3n) is 3.15. The van der Waals surface area contributed by atoms with Crippen molar-refractivity contribution in [1.82, 2.24) is 10.2 Å². The van der Waals surface area contributed by atoms with E-state index in [2.05, 4.69) is 15.3 Å². The van der Waals surface area contributed by atoms with E-state index < -0.39 is 11.9 Å². The SMILES string of the molecule is CON=C(C(=O)NC1C(=O)N2C=CCS[C@H]12)c1ccco1.